The molecule has 2 aromatic carbocycles. The van der Waals surface area contributed by atoms with Crippen molar-refractivity contribution in [2.24, 2.45) is 0 Å². The van der Waals surface area contributed by atoms with Gasteiger partial charge in [-0.25, -0.2) is 0 Å². The Kier molecular flexibility index (Phi) is 4.77. The van der Waals surface area contributed by atoms with Crippen LogP contribution in [0.2, 0.25) is 0 Å². The van der Waals surface area contributed by atoms with Gasteiger partial charge in [-0.3, -0.25) is 9.69 Å². The third-order valence-electron chi connectivity index (χ3n) is 4.67. The van der Waals surface area contributed by atoms with Gasteiger partial charge >= 0.3 is 0 Å². The van der Waals surface area contributed by atoms with Gasteiger partial charge in [0, 0.05) is 19.6 Å². The fourth-order valence-electron chi connectivity index (χ4n) is 3.06. The lowest BCUT2D eigenvalue weighted by Gasteiger charge is -2.32. The van der Waals surface area contributed by atoms with Crippen molar-refractivity contribution in [3.05, 3.63) is 70.8 Å². The first-order valence-electron chi connectivity index (χ1n) is 8.27. The van der Waals surface area contributed by atoms with Crippen molar-refractivity contribution in [3.8, 4) is 0 Å². The molecule has 1 amide bonds. The molecular weight excluding hydrogens is 284 g/mol. The fourth-order valence-corrected chi connectivity index (χ4v) is 3.06. The van der Waals surface area contributed by atoms with Crippen LogP contribution >= 0.6 is 0 Å². The molecule has 0 aromatic heterocycles. The second-order valence-corrected chi connectivity index (χ2v) is 6.37. The Morgan fingerprint density at radius 3 is 2.57 bits per heavy atom. The van der Waals surface area contributed by atoms with Crippen molar-refractivity contribution >= 4 is 5.91 Å². The number of amides is 1. The molecule has 0 saturated carbocycles. The SMILES string of the molecule is Cc1ccc(CNC(=O)[C@H](C)N2CCc3ccccc3C2)cc1. The highest BCUT2D eigenvalue weighted by atomic mass is 16.2. The van der Waals surface area contributed by atoms with E-state index in [1.807, 2.05) is 6.92 Å². The van der Waals surface area contributed by atoms with Gasteiger partial charge < -0.3 is 5.32 Å². The Morgan fingerprint density at radius 2 is 1.83 bits per heavy atom. The molecule has 3 rings (SSSR count). The van der Waals surface area contributed by atoms with E-state index in [0.717, 1.165) is 25.1 Å². The summed E-state index contributed by atoms with van der Waals surface area (Å²) >= 11 is 0. The molecule has 0 fully saturated rings. The molecule has 1 N–H and O–H groups in total. The summed E-state index contributed by atoms with van der Waals surface area (Å²) < 4.78 is 0. The number of hydrogen-bond acceptors (Lipinski definition) is 2. The van der Waals surface area contributed by atoms with Gasteiger partial charge in [-0.05, 0) is 37.0 Å². The van der Waals surface area contributed by atoms with Crippen LogP contribution in [-0.4, -0.2) is 23.4 Å². The van der Waals surface area contributed by atoms with Crippen LogP contribution in [0, 0.1) is 6.92 Å². The first kappa shape index (κ1) is 15.8. The minimum absolute atomic E-state index is 0.102. The van der Waals surface area contributed by atoms with E-state index in [9.17, 15) is 4.79 Å². The molecule has 0 aliphatic carbocycles. The number of fused-ring (bicyclic) bond motifs is 1. The van der Waals surface area contributed by atoms with Crippen LogP contribution in [0.15, 0.2) is 48.5 Å². The topological polar surface area (TPSA) is 32.3 Å². The smallest absolute Gasteiger partial charge is 0.237 e. The Balaban J connectivity index is 1.56. The molecule has 0 saturated heterocycles. The highest BCUT2D eigenvalue weighted by Gasteiger charge is 2.24. The quantitative estimate of drug-likeness (QED) is 0.941. The summed E-state index contributed by atoms with van der Waals surface area (Å²) in [6.07, 6.45) is 1.02. The van der Waals surface area contributed by atoms with Gasteiger partial charge in [-0.2, -0.15) is 0 Å². The first-order chi connectivity index (χ1) is 11.1. The second kappa shape index (κ2) is 6.97. The monoisotopic (exact) mass is 308 g/mol. The van der Waals surface area contributed by atoms with E-state index in [1.165, 1.54) is 16.7 Å². The Morgan fingerprint density at radius 1 is 1.13 bits per heavy atom. The lowest BCUT2D eigenvalue weighted by Crippen LogP contribution is -2.46. The van der Waals surface area contributed by atoms with E-state index in [-0.39, 0.29) is 11.9 Å². The van der Waals surface area contributed by atoms with Crippen LogP contribution in [-0.2, 0) is 24.3 Å². The van der Waals surface area contributed by atoms with Crippen LogP contribution in [0.4, 0.5) is 0 Å². The standard InChI is InChI=1S/C20H24N2O/c1-15-7-9-17(10-8-15)13-21-20(23)16(2)22-12-11-18-5-3-4-6-19(18)14-22/h3-10,16H,11-14H2,1-2H3,(H,21,23)/t16-/m0/s1. The minimum Gasteiger partial charge on any atom is -0.351 e. The first-order valence-corrected chi connectivity index (χ1v) is 8.27. The molecule has 0 bridgehead atoms. The van der Waals surface area contributed by atoms with Crippen molar-refractivity contribution in [1.82, 2.24) is 10.2 Å². The van der Waals surface area contributed by atoms with Gasteiger partial charge in [-0.15, -0.1) is 0 Å². The molecule has 1 atom stereocenters. The van der Waals surface area contributed by atoms with Crippen molar-refractivity contribution in [2.75, 3.05) is 6.54 Å². The van der Waals surface area contributed by atoms with E-state index >= 15 is 0 Å². The summed E-state index contributed by atoms with van der Waals surface area (Å²) in [4.78, 5) is 14.7. The number of aryl methyl sites for hydroxylation is 1. The zero-order valence-corrected chi connectivity index (χ0v) is 13.9. The number of rotatable bonds is 4. The molecule has 1 aliphatic rings. The summed E-state index contributed by atoms with van der Waals surface area (Å²) in [7, 11) is 0. The van der Waals surface area contributed by atoms with E-state index in [0.29, 0.717) is 6.54 Å². The van der Waals surface area contributed by atoms with Crippen LogP contribution in [0.3, 0.4) is 0 Å². The number of nitrogens with zero attached hydrogens (tertiary/aromatic N) is 1. The predicted octanol–water partition coefficient (Wildman–Crippen LogP) is 3.06. The molecule has 1 aliphatic heterocycles. The van der Waals surface area contributed by atoms with Gasteiger partial charge in [0.2, 0.25) is 5.91 Å². The zero-order chi connectivity index (χ0) is 16.2. The second-order valence-electron chi connectivity index (χ2n) is 6.37. The third-order valence-corrected chi connectivity index (χ3v) is 4.67. The Hall–Kier alpha value is -2.13. The highest BCUT2D eigenvalue weighted by Crippen LogP contribution is 2.20. The van der Waals surface area contributed by atoms with E-state index in [4.69, 9.17) is 0 Å². The number of benzene rings is 2. The molecule has 23 heavy (non-hydrogen) atoms. The van der Waals surface area contributed by atoms with E-state index in [1.54, 1.807) is 0 Å². The summed E-state index contributed by atoms with van der Waals surface area (Å²) in [6.45, 7) is 6.45. The highest BCUT2D eigenvalue weighted by molar-refractivity contribution is 5.81. The Bertz CT molecular complexity index is 678. The van der Waals surface area contributed by atoms with E-state index < -0.39 is 0 Å². The number of carbonyl (C=O) groups excluding carboxylic acids is 1. The minimum atomic E-state index is -0.103. The third kappa shape index (κ3) is 3.80. The van der Waals surface area contributed by atoms with Crippen LogP contribution in [0.25, 0.3) is 0 Å². The van der Waals surface area contributed by atoms with Gasteiger partial charge in [0.15, 0.2) is 0 Å². The summed E-state index contributed by atoms with van der Waals surface area (Å²) in [5, 5.41) is 3.06. The van der Waals surface area contributed by atoms with Crippen molar-refractivity contribution in [3.63, 3.8) is 0 Å². The molecule has 3 nitrogen and oxygen atoms in total. The average molecular weight is 308 g/mol. The molecule has 1 heterocycles. The van der Waals surface area contributed by atoms with Gasteiger partial charge in [0.05, 0.1) is 6.04 Å². The molecule has 0 unspecified atom stereocenters. The van der Waals surface area contributed by atoms with Gasteiger partial charge in [0.25, 0.3) is 0 Å². The largest absolute Gasteiger partial charge is 0.351 e. The molecule has 120 valence electrons. The van der Waals surface area contributed by atoms with Gasteiger partial charge in [0.1, 0.15) is 0 Å². The molecule has 0 radical (unpaired) electrons. The summed E-state index contributed by atoms with van der Waals surface area (Å²) in [5.41, 5.74) is 5.13. The summed E-state index contributed by atoms with van der Waals surface area (Å²) in [5.74, 6) is 0.102. The number of hydrogen-bond donors (Lipinski definition) is 1. The molecular formula is C20H24N2O. The predicted molar refractivity (Wildman–Crippen MR) is 93.0 cm³/mol. The lowest BCUT2D eigenvalue weighted by molar-refractivity contribution is -0.126. The maximum absolute atomic E-state index is 12.4. The van der Waals surface area contributed by atoms with Crippen molar-refractivity contribution < 1.29 is 4.79 Å². The normalized spacial score (nSPS) is 15.7. The zero-order valence-electron chi connectivity index (χ0n) is 13.9. The molecule has 0 spiro atoms. The number of carbonyl (C=O) groups is 1. The molecule has 3 heteroatoms. The molecule has 2 aromatic rings. The maximum atomic E-state index is 12.4. The fraction of sp³-hybridized carbons (Fsp3) is 0.350. The Labute approximate surface area is 138 Å². The van der Waals surface area contributed by atoms with Gasteiger partial charge in [-0.1, -0.05) is 54.1 Å². The summed E-state index contributed by atoms with van der Waals surface area (Å²) in [6, 6.07) is 16.7. The lowest BCUT2D eigenvalue weighted by atomic mass is 9.99. The van der Waals surface area contributed by atoms with Crippen LogP contribution < -0.4 is 5.32 Å². The van der Waals surface area contributed by atoms with Crippen LogP contribution in [0.5, 0.6) is 0 Å². The van der Waals surface area contributed by atoms with E-state index in [2.05, 4.69) is 65.7 Å². The number of nitrogens with one attached hydrogen (secondary N) is 1. The average Bonchev–Trinajstić information content (AvgIpc) is 2.60. The van der Waals surface area contributed by atoms with Crippen molar-refractivity contribution in [2.45, 2.75) is 39.4 Å². The van der Waals surface area contributed by atoms with Crippen LogP contribution in [0.1, 0.15) is 29.2 Å². The maximum Gasteiger partial charge on any atom is 0.237 e. The van der Waals surface area contributed by atoms with Crippen molar-refractivity contribution in [1.29, 1.82) is 0 Å².